The van der Waals surface area contributed by atoms with Gasteiger partial charge in [0.2, 0.25) is 5.43 Å². The monoisotopic (exact) mass is 301 g/mol. The summed E-state index contributed by atoms with van der Waals surface area (Å²) >= 11 is 0. The first-order valence-electron chi connectivity index (χ1n) is 7.72. The molecule has 0 spiro atoms. The van der Waals surface area contributed by atoms with Crippen molar-refractivity contribution >= 4 is 22.5 Å². The number of unbranched alkanes of at least 4 members (excludes halogenated alkanes) is 3. The molecule has 0 aliphatic carbocycles. The molecule has 118 valence electrons. The Bertz CT molecular complexity index is 734. The summed E-state index contributed by atoms with van der Waals surface area (Å²) in [7, 11) is 1.80. The summed E-state index contributed by atoms with van der Waals surface area (Å²) in [5.74, 6) is -0.331. The van der Waals surface area contributed by atoms with Crippen molar-refractivity contribution in [1.29, 1.82) is 0 Å². The van der Waals surface area contributed by atoms with Crippen LogP contribution in [0.3, 0.4) is 0 Å². The molecule has 0 aliphatic heterocycles. The molecule has 0 atom stereocenters. The second-order valence-corrected chi connectivity index (χ2v) is 5.54. The van der Waals surface area contributed by atoms with Crippen molar-refractivity contribution < 1.29 is 4.79 Å². The molecule has 1 amide bonds. The molecule has 0 saturated carbocycles. The first kappa shape index (κ1) is 16.1. The summed E-state index contributed by atoms with van der Waals surface area (Å²) in [4.78, 5) is 24.8. The summed E-state index contributed by atoms with van der Waals surface area (Å²) in [5.41, 5.74) is 6.86. The molecule has 1 aromatic carbocycles. The van der Waals surface area contributed by atoms with Gasteiger partial charge < -0.3 is 15.6 Å². The zero-order chi connectivity index (χ0) is 16.1. The number of nitrogen functional groups attached to an aromatic ring is 1. The van der Waals surface area contributed by atoms with Gasteiger partial charge in [0.25, 0.3) is 5.91 Å². The molecule has 1 aromatic heterocycles. The number of hydrogen-bond acceptors (Lipinski definition) is 3. The van der Waals surface area contributed by atoms with E-state index >= 15 is 0 Å². The van der Waals surface area contributed by atoms with Crippen LogP contribution >= 0.6 is 0 Å². The number of nitrogens with two attached hydrogens (primary N) is 1. The van der Waals surface area contributed by atoms with E-state index in [1.165, 1.54) is 0 Å². The molecule has 0 saturated heterocycles. The van der Waals surface area contributed by atoms with Gasteiger partial charge in [0.05, 0.1) is 10.9 Å². The maximum Gasteiger partial charge on any atom is 0.256 e. The minimum Gasteiger partial charge on any atom is -0.398 e. The fourth-order valence-corrected chi connectivity index (χ4v) is 2.57. The number of nitrogens with zero attached hydrogens (tertiary/aromatic N) is 1. The van der Waals surface area contributed by atoms with Gasteiger partial charge in [-0.2, -0.15) is 0 Å². The third-order valence-corrected chi connectivity index (χ3v) is 3.81. The fourth-order valence-electron chi connectivity index (χ4n) is 2.57. The van der Waals surface area contributed by atoms with Gasteiger partial charge in [0, 0.05) is 25.5 Å². The van der Waals surface area contributed by atoms with E-state index in [4.69, 9.17) is 5.73 Å². The molecule has 3 N–H and O–H groups in total. The highest BCUT2D eigenvalue weighted by molar-refractivity contribution is 6.00. The lowest BCUT2D eigenvalue weighted by Gasteiger charge is -2.11. The van der Waals surface area contributed by atoms with E-state index in [0.29, 0.717) is 17.6 Å². The summed E-state index contributed by atoms with van der Waals surface area (Å²) in [5, 5.41) is 3.22. The van der Waals surface area contributed by atoms with E-state index in [2.05, 4.69) is 12.2 Å². The minimum absolute atomic E-state index is 0.142. The van der Waals surface area contributed by atoms with E-state index in [1.54, 1.807) is 29.9 Å². The Hall–Kier alpha value is -2.30. The van der Waals surface area contributed by atoms with Gasteiger partial charge in [-0.05, 0) is 18.6 Å². The number of carbonyl (C=O) groups excluding carboxylic acids is 1. The van der Waals surface area contributed by atoms with Crippen molar-refractivity contribution in [1.82, 2.24) is 9.88 Å². The Labute approximate surface area is 130 Å². The predicted molar refractivity (Wildman–Crippen MR) is 90.1 cm³/mol. The number of nitrogens with one attached hydrogen (secondary N) is 1. The summed E-state index contributed by atoms with van der Waals surface area (Å²) in [6.07, 6.45) is 5.89. The van der Waals surface area contributed by atoms with Gasteiger partial charge in [-0.1, -0.05) is 32.3 Å². The third-order valence-electron chi connectivity index (χ3n) is 3.81. The van der Waals surface area contributed by atoms with Gasteiger partial charge in [0.1, 0.15) is 5.56 Å². The Kier molecular flexibility index (Phi) is 5.20. The predicted octanol–water partition coefficient (Wildman–Crippen LogP) is 2.43. The van der Waals surface area contributed by atoms with Crippen molar-refractivity contribution in [2.24, 2.45) is 7.05 Å². The van der Waals surface area contributed by atoms with Crippen LogP contribution in [0.5, 0.6) is 0 Å². The highest BCUT2D eigenvalue weighted by Gasteiger charge is 2.15. The van der Waals surface area contributed by atoms with Gasteiger partial charge in [-0.3, -0.25) is 9.59 Å². The van der Waals surface area contributed by atoms with Gasteiger partial charge in [-0.25, -0.2) is 0 Å². The second kappa shape index (κ2) is 7.11. The third kappa shape index (κ3) is 3.30. The SMILES string of the molecule is CCCCCCNC(=O)c1cn(C)c2cccc(N)c2c1=O. The van der Waals surface area contributed by atoms with Crippen LogP contribution in [0.25, 0.3) is 10.9 Å². The van der Waals surface area contributed by atoms with Crippen LogP contribution in [0, 0.1) is 0 Å². The largest absolute Gasteiger partial charge is 0.398 e. The Morgan fingerprint density at radius 2 is 2.05 bits per heavy atom. The molecule has 0 radical (unpaired) electrons. The van der Waals surface area contributed by atoms with E-state index < -0.39 is 0 Å². The molecule has 2 rings (SSSR count). The molecular weight excluding hydrogens is 278 g/mol. The number of benzene rings is 1. The van der Waals surface area contributed by atoms with Crippen molar-refractivity contribution in [3.8, 4) is 0 Å². The zero-order valence-electron chi connectivity index (χ0n) is 13.2. The molecule has 1 heterocycles. The van der Waals surface area contributed by atoms with Crippen molar-refractivity contribution in [3.05, 3.63) is 40.2 Å². The molecule has 5 nitrogen and oxygen atoms in total. The van der Waals surface area contributed by atoms with E-state index in [9.17, 15) is 9.59 Å². The number of carbonyl (C=O) groups is 1. The summed E-state index contributed by atoms with van der Waals surface area (Å²) in [6.45, 7) is 2.73. The van der Waals surface area contributed by atoms with Gasteiger partial charge in [-0.15, -0.1) is 0 Å². The molecule has 0 bridgehead atoms. The molecule has 5 heteroatoms. The smallest absolute Gasteiger partial charge is 0.256 e. The number of pyridine rings is 1. The Morgan fingerprint density at radius 1 is 1.27 bits per heavy atom. The molecule has 0 unspecified atom stereocenters. The Balaban J connectivity index is 2.25. The van der Waals surface area contributed by atoms with E-state index in [-0.39, 0.29) is 16.9 Å². The van der Waals surface area contributed by atoms with Crippen molar-refractivity contribution in [3.63, 3.8) is 0 Å². The molecule has 2 aromatic rings. The van der Waals surface area contributed by atoms with E-state index in [1.807, 2.05) is 6.07 Å². The zero-order valence-corrected chi connectivity index (χ0v) is 13.2. The van der Waals surface area contributed by atoms with Crippen LogP contribution < -0.4 is 16.5 Å². The van der Waals surface area contributed by atoms with Crippen LogP contribution in [0.4, 0.5) is 5.69 Å². The minimum atomic E-state index is -0.331. The number of anilines is 1. The van der Waals surface area contributed by atoms with Crippen LogP contribution in [0.2, 0.25) is 0 Å². The molecular formula is C17H23N3O2. The molecule has 0 fully saturated rings. The first-order chi connectivity index (χ1) is 10.6. The number of hydrogen-bond donors (Lipinski definition) is 2. The van der Waals surface area contributed by atoms with Crippen LogP contribution in [0.1, 0.15) is 43.0 Å². The highest BCUT2D eigenvalue weighted by atomic mass is 16.2. The maximum absolute atomic E-state index is 12.5. The van der Waals surface area contributed by atoms with Gasteiger partial charge in [0.15, 0.2) is 0 Å². The number of rotatable bonds is 6. The lowest BCUT2D eigenvalue weighted by molar-refractivity contribution is 0.0951. The van der Waals surface area contributed by atoms with Crippen LogP contribution in [-0.4, -0.2) is 17.0 Å². The maximum atomic E-state index is 12.5. The summed E-state index contributed by atoms with van der Waals surface area (Å²) < 4.78 is 1.76. The van der Waals surface area contributed by atoms with Crippen molar-refractivity contribution in [2.45, 2.75) is 32.6 Å². The number of fused-ring (bicyclic) bond motifs is 1. The molecule has 0 aliphatic rings. The van der Waals surface area contributed by atoms with Gasteiger partial charge >= 0.3 is 0 Å². The Morgan fingerprint density at radius 3 is 2.77 bits per heavy atom. The topological polar surface area (TPSA) is 77.1 Å². The quantitative estimate of drug-likeness (QED) is 0.635. The van der Waals surface area contributed by atoms with E-state index in [0.717, 1.165) is 31.2 Å². The fraction of sp³-hybridized carbons (Fsp3) is 0.412. The average Bonchev–Trinajstić information content (AvgIpc) is 2.50. The summed E-state index contributed by atoms with van der Waals surface area (Å²) in [6, 6.07) is 5.29. The lowest BCUT2D eigenvalue weighted by atomic mass is 10.1. The molecule has 22 heavy (non-hydrogen) atoms. The normalized spacial score (nSPS) is 10.8. The number of aromatic nitrogens is 1. The lowest BCUT2D eigenvalue weighted by Crippen LogP contribution is -2.30. The van der Waals surface area contributed by atoms with Crippen LogP contribution in [0.15, 0.2) is 29.2 Å². The number of aryl methyl sites for hydroxylation is 1. The average molecular weight is 301 g/mol. The number of amides is 1. The van der Waals surface area contributed by atoms with Crippen LogP contribution in [-0.2, 0) is 7.05 Å². The second-order valence-electron chi connectivity index (χ2n) is 5.54. The van der Waals surface area contributed by atoms with Crippen molar-refractivity contribution in [2.75, 3.05) is 12.3 Å². The highest BCUT2D eigenvalue weighted by Crippen LogP contribution is 2.17. The standard InChI is InChI=1S/C17H23N3O2/c1-3-4-5-6-10-19-17(22)12-11-20(2)14-9-7-8-13(18)15(14)16(12)21/h7-9,11H,3-6,10,18H2,1-2H3,(H,19,22). The first-order valence-corrected chi connectivity index (χ1v) is 7.72.